The zero-order valence-corrected chi connectivity index (χ0v) is 12.7. The molecule has 1 unspecified atom stereocenters. The summed E-state index contributed by atoms with van der Waals surface area (Å²) in [6.45, 7) is 7.19. The number of nitrogens with one attached hydrogen (secondary N) is 2. The van der Waals surface area contributed by atoms with Gasteiger partial charge in [0.2, 0.25) is 5.95 Å². The van der Waals surface area contributed by atoms with Crippen molar-refractivity contribution in [2.24, 2.45) is 5.92 Å². The van der Waals surface area contributed by atoms with Gasteiger partial charge in [-0.3, -0.25) is 0 Å². The van der Waals surface area contributed by atoms with Crippen molar-refractivity contribution >= 4 is 27.7 Å². The average Bonchev–Trinajstić information content (AvgIpc) is 2.33. The Bertz CT molecular complexity index is 373. The first-order valence-electron chi connectivity index (χ1n) is 6.22. The molecular formula is C12H21BrN4O. The first-order chi connectivity index (χ1) is 8.58. The molecular weight excluding hydrogens is 296 g/mol. The zero-order valence-electron chi connectivity index (χ0n) is 11.1. The predicted molar refractivity (Wildman–Crippen MR) is 77.8 cm³/mol. The van der Waals surface area contributed by atoms with Crippen molar-refractivity contribution in [2.75, 3.05) is 23.8 Å². The lowest BCUT2D eigenvalue weighted by Crippen LogP contribution is -2.27. The SMILES string of the molecule is CCNc1ncc(Br)c(NC(CCO)C(C)C)n1. The third-order valence-corrected chi connectivity index (χ3v) is 3.23. The molecule has 0 spiro atoms. The maximum absolute atomic E-state index is 9.07. The van der Waals surface area contributed by atoms with Crippen LogP contribution in [0.3, 0.4) is 0 Å². The lowest BCUT2D eigenvalue weighted by atomic mass is 10.0. The third-order valence-electron chi connectivity index (χ3n) is 2.65. The van der Waals surface area contributed by atoms with Crippen molar-refractivity contribution in [3.8, 4) is 0 Å². The average molecular weight is 317 g/mol. The van der Waals surface area contributed by atoms with E-state index in [1.165, 1.54) is 0 Å². The van der Waals surface area contributed by atoms with Crippen molar-refractivity contribution in [3.05, 3.63) is 10.7 Å². The van der Waals surface area contributed by atoms with Crippen LogP contribution in [0.15, 0.2) is 10.7 Å². The highest BCUT2D eigenvalue weighted by Gasteiger charge is 2.15. The van der Waals surface area contributed by atoms with Crippen molar-refractivity contribution < 1.29 is 5.11 Å². The topological polar surface area (TPSA) is 70.1 Å². The van der Waals surface area contributed by atoms with Crippen LogP contribution < -0.4 is 10.6 Å². The molecule has 0 bridgehead atoms. The summed E-state index contributed by atoms with van der Waals surface area (Å²) in [6.07, 6.45) is 2.42. The van der Waals surface area contributed by atoms with Crippen molar-refractivity contribution in [3.63, 3.8) is 0 Å². The van der Waals surface area contributed by atoms with Gasteiger partial charge in [0.15, 0.2) is 0 Å². The molecule has 1 rings (SSSR count). The van der Waals surface area contributed by atoms with Crippen molar-refractivity contribution in [1.29, 1.82) is 0 Å². The van der Waals surface area contributed by atoms with Crippen molar-refractivity contribution in [1.82, 2.24) is 9.97 Å². The van der Waals surface area contributed by atoms with E-state index in [9.17, 15) is 0 Å². The molecule has 102 valence electrons. The second kappa shape index (κ2) is 7.53. The molecule has 3 N–H and O–H groups in total. The van der Waals surface area contributed by atoms with E-state index in [4.69, 9.17) is 5.11 Å². The second-order valence-electron chi connectivity index (χ2n) is 4.43. The molecule has 1 heterocycles. The minimum atomic E-state index is 0.165. The van der Waals surface area contributed by atoms with E-state index in [1.807, 2.05) is 6.92 Å². The first kappa shape index (κ1) is 15.2. The van der Waals surface area contributed by atoms with Gasteiger partial charge in [-0.05, 0) is 35.2 Å². The van der Waals surface area contributed by atoms with Crippen molar-refractivity contribution in [2.45, 2.75) is 33.2 Å². The fraction of sp³-hybridized carbons (Fsp3) is 0.667. The van der Waals surface area contributed by atoms with Crippen LogP contribution in [0.5, 0.6) is 0 Å². The maximum Gasteiger partial charge on any atom is 0.224 e. The Morgan fingerprint density at radius 1 is 1.44 bits per heavy atom. The fourth-order valence-electron chi connectivity index (χ4n) is 1.60. The van der Waals surface area contributed by atoms with Crippen LogP contribution in [0.1, 0.15) is 27.2 Å². The summed E-state index contributed by atoms with van der Waals surface area (Å²) in [5.74, 6) is 1.78. The van der Waals surface area contributed by atoms with Gasteiger partial charge in [-0.1, -0.05) is 13.8 Å². The molecule has 1 atom stereocenters. The number of aliphatic hydroxyl groups excluding tert-OH is 1. The molecule has 0 fully saturated rings. The van der Waals surface area contributed by atoms with Crippen LogP contribution in [0, 0.1) is 5.92 Å². The van der Waals surface area contributed by atoms with E-state index in [0.29, 0.717) is 18.3 Å². The number of rotatable bonds is 7. The molecule has 0 aromatic carbocycles. The molecule has 0 aliphatic rings. The molecule has 18 heavy (non-hydrogen) atoms. The summed E-state index contributed by atoms with van der Waals surface area (Å²) in [5, 5.41) is 15.5. The van der Waals surface area contributed by atoms with Crippen LogP contribution >= 0.6 is 15.9 Å². The molecule has 6 heteroatoms. The van der Waals surface area contributed by atoms with Gasteiger partial charge in [0, 0.05) is 25.4 Å². The van der Waals surface area contributed by atoms with E-state index in [0.717, 1.165) is 16.8 Å². The van der Waals surface area contributed by atoms with Crippen LogP contribution in [0.25, 0.3) is 0 Å². The van der Waals surface area contributed by atoms with Gasteiger partial charge in [0.05, 0.1) is 4.47 Å². The van der Waals surface area contributed by atoms with E-state index in [2.05, 4.69) is 50.4 Å². The third kappa shape index (κ3) is 4.42. The fourth-order valence-corrected chi connectivity index (χ4v) is 1.90. The van der Waals surface area contributed by atoms with Crippen LogP contribution in [-0.4, -0.2) is 34.3 Å². The predicted octanol–water partition coefficient (Wildman–Crippen LogP) is 2.49. The molecule has 0 saturated carbocycles. The highest BCUT2D eigenvalue weighted by atomic mass is 79.9. The van der Waals surface area contributed by atoms with Gasteiger partial charge in [-0.25, -0.2) is 4.98 Å². The van der Waals surface area contributed by atoms with Gasteiger partial charge in [0.1, 0.15) is 5.82 Å². The quantitative estimate of drug-likeness (QED) is 0.721. The highest BCUT2D eigenvalue weighted by molar-refractivity contribution is 9.10. The minimum absolute atomic E-state index is 0.165. The number of hydrogen-bond acceptors (Lipinski definition) is 5. The smallest absolute Gasteiger partial charge is 0.224 e. The number of nitrogens with zero attached hydrogens (tertiary/aromatic N) is 2. The maximum atomic E-state index is 9.07. The lowest BCUT2D eigenvalue weighted by Gasteiger charge is -2.22. The molecule has 0 saturated heterocycles. The van der Waals surface area contributed by atoms with E-state index in [1.54, 1.807) is 6.20 Å². The van der Waals surface area contributed by atoms with Crippen LogP contribution in [-0.2, 0) is 0 Å². The molecule has 0 aliphatic carbocycles. The summed E-state index contributed by atoms with van der Waals surface area (Å²) < 4.78 is 0.827. The Hall–Kier alpha value is -0.880. The Balaban J connectivity index is 2.83. The van der Waals surface area contributed by atoms with Gasteiger partial charge < -0.3 is 15.7 Å². The Morgan fingerprint density at radius 2 is 2.17 bits per heavy atom. The molecule has 0 radical (unpaired) electrons. The summed E-state index contributed by atoms with van der Waals surface area (Å²) in [7, 11) is 0. The number of aliphatic hydroxyl groups is 1. The Morgan fingerprint density at radius 3 is 2.72 bits per heavy atom. The Kier molecular flexibility index (Phi) is 6.35. The summed E-state index contributed by atoms with van der Waals surface area (Å²) in [4.78, 5) is 8.57. The van der Waals surface area contributed by atoms with E-state index < -0.39 is 0 Å². The second-order valence-corrected chi connectivity index (χ2v) is 5.28. The Labute approximate surface area is 117 Å². The molecule has 1 aromatic heterocycles. The summed E-state index contributed by atoms with van der Waals surface area (Å²) >= 11 is 3.43. The number of halogens is 1. The summed E-state index contributed by atoms with van der Waals surface area (Å²) in [6, 6.07) is 0.190. The standard InChI is InChI=1S/C12H21BrN4O/c1-4-14-12-15-7-9(13)11(17-12)16-10(5-6-18)8(2)3/h7-8,10,18H,4-6H2,1-3H3,(H2,14,15,16,17). The molecule has 0 amide bonds. The number of hydrogen-bond donors (Lipinski definition) is 3. The van der Waals surface area contributed by atoms with E-state index >= 15 is 0 Å². The lowest BCUT2D eigenvalue weighted by molar-refractivity contribution is 0.267. The minimum Gasteiger partial charge on any atom is -0.396 e. The van der Waals surface area contributed by atoms with Gasteiger partial charge in [-0.15, -0.1) is 0 Å². The van der Waals surface area contributed by atoms with Gasteiger partial charge in [-0.2, -0.15) is 4.98 Å². The zero-order chi connectivity index (χ0) is 13.5. The molecule has 5 nitrogen and oxygen atoms in total. The van der Waals surface area contributed by atoms with Gasteiger partial charge >= 0.3 is 0 Å². The number of anilines is 2. The van der Waals surface area contributed by atoms with E-state index in [-0.39, 0.29) is 12.6 Å². The first-order valence-corrected chi connectivity index (χ1v) is 7.01. The molecule has 0 aliphatic heterocycles. The monoisotopic (exact) mass is 316 g/mol. The normalized spacial score (nSPS) is 12.6. The largest absolute Gasteiger partial charge is 0.396 e. The van der Waals surface area contributed by atoms with Gasteiger partial charge in [0.25, 0.3) is 0 Å². The van der Waals surface area contributed by atoms with Crippen LogP contribution in [0.2, 0.25) is 0 Å². The molecule has 1 aromatic rings. The highest BCUT2D eigenvalue weighted by Crippen LogP contribution is 2.23. The van der Waals surface area contributed by atoms with Crippen LogP contribution in [0.4, 0.5) is 11.8 Å². The number of aromatic nitrogens is 2. The summed E-state index contributed by atoms with van der Waals surface area (Å²) in [5.41, 5.74) is 0.